The Bertz CT molecular complexity index is 122. The predicted octanol–water partition coefficient (Wildman–Crippen LogP) is 0.489. The van der Waals surface area contributed by atoms with Gasteiger partial charge >= 0.3 is 0 Å². The molecular weight excluding hydrogens is 164 g/mol. The van der Waals surface area contributed by atoms with Crippen LogP contribution in [0.2, 0.25) is 0 Å². The fourth-order valence-corrected chi connectivity index (χ4v) is 1.87. The van der Waals surface area contributed by atoms with Crippen molar-refractivity contribution < 1.29 is 5.11 Å². The molecule has 0 aromatic carbocycles. The van der Waals surface area contributed by atoms with E-state index in [9.17, 15) is 0 Å². The number of aliphatic hydroxyl groups is 1. The normalized spacial score (nSPS) is 26.8. The summed E-state index contributed by atoms with van der Waals surface area (Å²) in [6.45, 7) is 4.73. The lowest BCUT2D eigenvalue weighted by atomic mass is 10.1. The number of rotatable bonds is 4. The van der Waals surface area contributed by atoms with E-state index in [-0.39, 0.29) is 0 Å². The quantitative estimate of drug-likeness (QED) is 0.598. The van der Waals surface area contributed by atoms with Crippen molar-refractivity contribution in [3.8, 4) is 0 Å². The van der Waals surface area contributed by atoms with E-state index in [1.807, 2.05) is 0 Å². The topological polar surface area (TPSA) is 44.3 Å². The number of hydrogen-bond acceptors (Lipinski definition) is 3. The maximum absolute atomic E-state index is 8.77. The van der Waals surface area contributed by atoms with Crippen LogP contribution < -0.4 is 10.6 Å². The molecule has 2 atom stereocenters. The molecule has 0 aromatic heterocycles. The SMILES string of the molecule is CC(CCO)NC1CCCNCC1. The minimum absolute atomic E-state index is 0.291. The van der Waals surface area contributed by atoms with E-state index in [0.29, 0.717) is 18.7 Å². The van der Waals surface area contributed by atoms with Crippen molar-refractivity contribution in [3.63, 3.8) is 0 Å². The van der Waals surface area contributed by atoms with Crippen molar-refractivity contribution in [2.75, 3.05) is 19.7 Å². The highest BCUT2D eigenvalue weighted by molar-refractivity contribution is 4.75. The summed E-state index contributed by atoms with van der Waals surface area (Å²) in [5.41, 5.74) is 0. The number of hydrogen-bond donors (Lipinski definition) is 3. The molecule has 1 heterocycles. The van der Waals surface area contributed by atoms with Crippen LogP contribution in [0, 0.1) is 0 Å². The summed E-state index contributed by atoms with van der Waals surface area (Å²) in [5, 5.41) is 15.7. The van der Waals surface area contributed by atoms with Crippen molar-refractivity contribution in [1.29, 1.82) is 0 Å². The molecule has 0 radical (unpaired) electrons. The van der Waals surface area contributed by atoms with Crippen LogP contribution in [0.15, 0.2) is 0 Å². The molecule has 78 valence electrons. The van der Waals surface area contributed by atoms with Crippen molar-refractivity contribution >= 4 is 0 Å². The minimum Gasteiger partial charge on any atom is -0.396 e. The van der Waals surface area contributed by atoms with Crippen LogP contribution in [-0.4, -0.2) is 36.9 Å². The molecule has 1 saturated heterocycles. The number of nitrogens with one attached hydrogen (secondary N) is 2. The van der Waals surface area contributed by atoms with Crippen LogP contribution in [0.3, 0.4) is 0 Å². The van der Waals surface area contributed by atoms with Crippen molar-refractivity contribution in [1.82, 2.24) is 10.6 Å². The first-order valence-corrected chi connectivity index (χ1v) is 5.40. The van der Waals surface area contributed by atoms with Gasteiger partial charge in [0.1, 0.15) is 0 Å². The lowest BCUT2D eigenvalue weighted by molar-refractivity contribution is 0.260. The average molecular weight is 186 g/mol. The molecule has 0 saturated carbocycles. The van der Waals surface area contributed by atoms with Gasteiger partial charge in [-0.25, -0.2) is 0 Å². The fourth-order valence-electron chi connectivity index (χ4n) is 1.87. The molecule has 0 aromatic rings. The van der Waals surface area contributed by atoms with Gasteiger partial charge in [-0.3, -0.25) is 0 Å². The monoisotopic (exact) mass is 186 g/mol. The van der Waals surface area contributed by atoms with Crippen LogP contribution in [0.5, 0.6) is 0 Å². The molecule has 1 rings (SSSR count). The molecule has 3 nitrogen and oxygen atoms in total. The maximum Gasteiger partial charge on any atom is 0.0445 e. The third kappa shape index (κ3) is 4.60. The van der Waals surface area contributed by atoms with Crippen LogP contribution in [0.25, 0.3) is 0 Å². The zero-order valence-corrected chi connectivity index (χ0v) is 8.55. The van der Waals surface area contributed by atoms with Gasteiger partial charge in [0.15, 0.2) is 0 Å². The highest BCUT2D eigenvalue weighted by Gasteiger charge is 2.13. The summed E-state index contributed by atoms with van der Waals surface area (Å²) in [6.07, 6.45) is 4.62. The molecule has 0 spiro atoms. The first kappa shape index (κ1) is 11.0. The Labute approximate surface area is 80.9 Å². The Balaban J connectivity index is 2.17. The summed E-state index contributed by atoms with van der Waals surface area (Å²) in [5.74, 6) is 0. The van der Waals surface area contributed by atoms with Crippen LogP contribution in [0.1, 0.15) is 32.6 Å². The second-order valence-electron chi connectivity index (χ2n) is 3.96. The van der Waals surface area contributed by atoms with Crippen molar-refractivity contribution in [2.24, 2.45) is 0 Å². The molecule has 1 aliphatic heterocycles. The Morgan fingerprint density at radius 2 is 2.31 bits per heavy atom. The minimum atomic E-state index is 0.291. The standard InChI is InChI=1S/C10H22N2O/c1-9(5-8-13)12-10-3-2-6-11-7-4-10/h9-13H,2-8H2,1H3. The van der Waals surface area contributed by atoms with Gasteiger partial charge in [-0.05, 0) is 45.7 Å². The average Bonchev–Trinajstić information content (AvgIpc) is 2.33. The summed E-state index contributed by atoms with van der Waals surface area (Å²) < 4.78 is 0. The number of aliphatic hydroxyl groups excluding tert-OH is 1. The van der Waals surface area contributed by atoms with Crippen molar-refractivity contribution in [3.05, 3.63) is 0 Å². The maximum atomic E-state index is 8.77. The van der Waals surface area contributed by atoms with Gasteiger partial charge in [0, 0.05) is 18.7 Å². The third-order valence-electron chi connectivity index (χ3n) is 2.66. The first-order chi connectivity index (χ1) is 6.33. The van der Waals surface area contributed by atoms with E-state index >= 15 is 0 Å². The lowest BCUT2D eigenvalue weighted by Crippen LogP contribution is -2.37. The zero-order chi connectivity index (χ0) is 9.52. The second-order valence-corrected chi connectivity index (χ2v) is 3.96. The molecule has 2 unspecified atom stereocenters. The van der Waals surface area contributed by atoms with E-state index in [2.05, 4.69) is 17.6 Å². The van der Waals surface area contributed by atoms with Crippen LogP contribution >= 0.6 is 0 Å². The summed E-state index contributed by atoms with van der Waals surface area (Å²) in [7, 11) is 0. The second kappa shape index (κ2) is 6.35. The van der Waals surface area contributed by atoms with E-state index in [0.717, 1.165) is 19.5 Å². The Kier molecular flexibility index (Phi) is 5.35. The highest BCUT2D eigenvalue weighted by Crippen LogP contribution is 2.06. The summed E-state index contributed by atoms with van der Waals surface area (Å²) in [4.78, 5) is 0. The molecule has 0 bridgehead atoms. The molecule has 1 fully saturated rings. The first-order valence-electron chi connectivity index (χ1n) is 5.40. The molecular formula is C10H22N2O. The Morgan fingerprint density at radius 3 is 3.08 bits per heavy atom. The van der Waals surface area contributed by atoms with E-state index < -0.39 is 0 Å². The van der Waals surface area contributed by atoms with Crippen molar-refractivity contribution in [2.45, 2.75) is 44.7 Å². The van der Waals surface area contributed by atoms with Gasteiger partial charge in [0.2, 0.25) is 0 Å². The molecule has 13 heavy (non-hydrogen) atoms. The van der Waals surface area contributed by atoms with Crippen LogP contribution in [0.4, 0.5) is 0 Å². The predicted molar refractivity (Wildman–Crippen MR) is 54.8 cm³/mol. The Morgan fingerprint density at radius 1 is 1.46 bits per heavy atom. The molecule has 0 amide bonds. The molecule has 1 aliphatic rings. The van der Waals surface area contributed by atoms with E-state index in [4.69, 9.17) is 5.11 Å². The van der Waals surface area contributed by atoms with E-state index in [1.54, 1.807) is 0 Å². The molecule has 0 aliphatic carbocycles. The highest BCUT2D eigenvalue weighted by atomic mass is 16.3. The molecule has 3 N–H and O–H groups in total. The van der Waals surface area contributed by atoms with Gasteiger partial charge in [-0.15, -0.1) is 0 Å². The molecule has 3 heteroatoms. The summed E-state index contributed by atoms with van der Waals surface area (Å²) in [6, 6.07) is 1.10. The smallest absolute Gasteiger partial charge is 0.0445 e. The van der Waals surface area contributed by atoms with Gasteiger partial charge in [-0.1, -0.05) is 0 Å². The lowest BCUT2D eigenvalue weighted by Gasteiger charge is -2.21. The van der Waals surface area contributed by atoms with Gasteiger partial charge in [-0.2, -0.15) is 0 Å². The zero-order valence-electron chi connectivity index (χ0n) is 8.55. The summed E-state index contributed by atoms with van der Waals surface area (Å²) >= 11 is 0. The van der Waals surface area contributed by atoms with Gasteiger partial charge < -0.3 is 15.7 Å². The fraction of sp³-hybridized carbons (Fsp3) is 1.00. The largest absolute Gasteiger partial charge is 0.396 e. The van der Waals surface area contributed by atoms with Crippen LogP contribution in [-0.2, 0) is 0 Å². The van der Waals surface area contributed by atoms with Gasteiger partial charge in [0.25, 0.3) is 0 Å². The van der Waals surface area contributed by atoms with Gasteiger partial charge in [0.05, 0.1) is 0 Å². The third-order valence-corrected chi connectivity index (χ3v) is 2.66. The van der Waals surface area contributed by atoms with E-state index in [1.165, 1.54) is 19.3 Å². The Hall–Kier alpha value is -0.120.